The van der Waals surface area contributed by atoms with E-state index < -0.39 is 6.10 Å². The van der Waals surface area contributed by atoms with Crippen molar-refractivity contribution in [3.63, 3.8) is 0 Å². The van der Waals surface area contributed by atoms with Crippen molar-refractivity contribution in [2.75, 3.05) is 29.9 Å². The van der Waals surface area contributed by atoms with Crippen molar-refractivity contribution in [2.24, 2.45) is 0 Å². The molecule has 6 nitrogen and oxygen atoms in total. The van der Waals surface area contributed by atoms with E-state index in [1.54, 1.807) is 36.3 Å². The molecule has 1 N–H and O–H groups in total. The molecule has 1 aromatic heterocycles. The number of aliphatic hydroxyl groups excluding tert-OH is 1. The third kappa shape index (κ3) is 3.34. The summed E-state index contributed by atoms with van der Waals surface area (Å²) in [4.78, 5) is 15.5. The van der Waals surface area contributed by atoms with Gasteiger partial charge in [-0.1, -0.05) is 0 Å². The zero-order valence-corrected chi connectivity index (χ0v) is 12.9. The second-order valence-electron chi connectivity index (χ2n) is 5.66. The van der Waals surface area contributed by atoms with Crippen molar-refractivity contribution in [3.8, 4) is 0 Å². The number of hydrogen-bond acceptors (Lipinski definition) is 4. The molecule has 0 saturated heterocycles. The Bertz CT molecular complexity index is 689. The van der Waals surface area contributed by atoms with Crippen LogP contribution in [-0.2, 0) is 11.3 Å². The average Bonchev–Trinajstić information content (AvgIpc) is 2.99. The highest BCUT2D eigenvalue weighted by Gasteiger charge is 2.25. The van der Waals surface area contributed by atoms with Crippen LogP contribution in [0.5, 0.6) is 0 Å². The van der Waals surface area contributed by atoms with Gasteiger partial charge in [-0.2, -0.15) is 5.10 Å². The molecule has 7 heteroatoms. The maximum absolute atomic E-state index is 13.6. The van der Waals surface area contributed by atoms with Crippen LogP contribution in [0.2, 0.25) is 0 Å². The second kappa shape index (κ2) is 6.37. The van der Waals surface area contributed by atoms with Crippen molar-refractivity contribution in [3.05, 3.63) is 42.5 Å². The van der Waals surface area contributed by atoms with Crippen LogP contribution in [0.3, 0.4) is 0 Å². The number of carbonyl (C=O) groups excluding carboxylic acids is 1. The minimum absolute atomic E-state index is 0.0686. The number of carbonyl (C=O) groups is 1. The monoisotopic (exact) mass is 318 g/mol. The van der Waals surface area contributed by atoms with E-state index in [2.05, 4.69) is 5.10 Å². The van der Waals surface area contributed by atoms with Crippen molar-refractivity contribution in [2.45, 2.75) is 19.1 Å². The lowest BCUT2D eigenvalue weighted by atomic mass is 10.2. The number of β-amino-alcohol motifs (C(OH)–C–C–N with tert-alkyl or cyclic N) is 1. The highest BCUT2D eigenvalue weighted by molar-refractivity contribution is 5.98. The summed E-state index contributed by atoms with van der Waals surface area (Å²) in [6.07, 6.45) is 3.11. The maximum Gasteiger partial charge on any atom is 0.228 e. The average molecular weight is 318 g/mol. The molecular weight excluding hydrogens is 299 g/mol. The summed E-state index contributed by atoms with van der Waals surface area (Å²) < 4.78 is 15.2. The van der Waals surface area contributed by atoms with Gasteiger partial charge >= 0.3 is 0 Å². The van der Waals surface area contributed by atoms with Crippen LogP contribution >= 0.6 is 0 Å². The fourth-order valence-electron chi connectivity index (χ4n) is 2.81. The van der Waals surface area contributed by atoms with Crippen molar-refractivity contribution >= 4 is 17.3 Å². The number of nitrogens with zero attached hydrogens (tertiary/aromatic N) is 4. The largest absolute Gasteiger partial charge is 0.389 e. The molecule has 1 aliphatic heterocycles. The van der Waals surface area contributed by atoms with E-state index >= 15 is 0 Å². The van der Waals surface area contributed by atoms with Gasteiger partial charge in [-0.15, -0.1) is 0 Å². The molecule has 2 heterocycles. The van der Waals surface area contributed by atoms with Crippen LogP contribution in [0.4, 0.5) is 15.8 Å². The third-order valence-corrected chi connectivity index (χ3v) is 4.00. The minimum Gasteiger partial charge on any atom is -0.389 e. The number of anilines is 2. The quantitative estimate of drug-likeness (QED) is 0.922. The molecule has 1 aliphatic rings. The van der Waals surface area contributed by atoms with E-state index in [1.165, 1.54) is 17.0 Å². The number of hydrogen-bond donors (Lipinski definition) is 1. The number of rotatable bonds is 4. The smallest absolute Gasteiger partial charge is 0.228 e. The molecule has 1 atom stereocenters. The lowest BCUT2D eigenvalue weighted by Crippen LogP contribution is -2.35. The predicted molar refractivity (Wildman–Crippen MR) is 84.9 cm³/mol. The molecule has 1 amide bonds. The normalized spacial score (nSPS) is 16.2. The van der Waals surface area contributed by atoms with E-state index in [9.17, 15) is 14.3 Å². The van der Waals surface area contributed by atoms with E-state index in [0.29, 0.717) is 31.7 Å². The van der Waals surface area contributed by atoms with Gasteiger partial charge < -0.3 is 14.9 Å². The van der Waals surface area contributed by atoms with E-state index in [-0.39, 0.29) is 11.7 Å². The Hall–Kier alpha value is -2.41. The lowest BCUT2D eigenvalue weighted by molar-refractivity contribution is -0.118. The van der Waals surface area contributed by atoms with Gasteiger partial charge in [0, 0.05) is 39.0 Å². The van der Waals surface area contributed by atoms with Gasteiger partial charge in [0.1, 0.15) is 5.82 Å². The fourth-order valence-corrected chi connectivity index (χ4v) is 2.81. The Morgan fingerprint density at radius 3 is 2.91 bits per heavy atom. The molecule has 0 saturated carbocycles. The number of fused-ring (bicyclic) bond motifs is 1. The van der Waals surface area contributed by atoms with E-state index in [4.69, 9.17) is 0 Å². The first-order valence-electron chi connectivity index (χ1n) is 7.51. The van der Waals surface area contributed by atoms with Crippen LogP contribution < -0.4 is 9.80 Å². The molecule has 0 aliphatic carbocycles. The van der Waals surface area contributed by atoms with E-state index in [0.717, 1.165) is 5.69 Å². The SMILES string of the molecule is CN1C(=O)CCN(CC(O)Cn2cccn2)c2ccc(F)cc21. The van der Waals surface area contributed by atoms with Gasteiger partial charge in [0.2, 0.25) is 5.91 Å². The summed E-state index contributed by atoms with van der Waals surface area (Å²) in [5.74, 6) is -0.455. The molecule has 122 valence electrons. The lowest BCUT2D eigenvalue weighted by Gasteiger charge is -2.27. The van der Waals surface area contributed by atoms with Crippen molar-refractivity contribution < 1.29 is 14.3 Å². The molecule has 2 aromatic rings. The molecular formula is C16H19FN4O2. The van der Waals surface area contributed by atoms with Gasteiger partial charge in [-0.3, -0.25) is 9.48 Å². The van der Waals surface area contributed by atoms with E-state index in [1.807, 2.05) is 4.90 Å². The number of halogens is 1. The third-order valence-electron chi connectivity index (χ3n) is 4.00. The summed E-state index contributed by atoms with van der Waals surface area (Å²) in [6.45, 7) is 1.20. The van der Waals surface area contributed by atoms with Crippen molar-refractivity contribution in [1.82, 2.24) is 9.78 Å². The van der Waals surface area contributed by atoms with Crippen molar-refractivity contribution in [1.29, 1.82) is 0 Å². The summed E-state index contributed by atoms with van der Waals surface area (Å²) in [7, 11) is 1.64. The summed E-state index contributed by atoms with van der Waals surface area (Å²) in [6, 6.07) is 6.17. The zero-order chi connectivity index (χ0) is 16.4. The van der Waals surface area contributed by atoms with Gasteiger partial charge in [-0.25, -0.2) is 4.39 Å². The summed E-state index contributed by atoms with van der Waals surface area (Å²) in [5.41, 5.74) is 1.28. The van der Waals surface area contributed by atoms with Crippen LogP contribution in [0.25, 0.3) is 0 Å². The van der Waals surface area contributed by atoms with Crippen LogP contribution in [0.15, 0.2) is 36.7 Å². The van der Waals surface area contributed by atoms with Gasteiger partial charge in [0.25, 0.3) is 0 Å². The number of aromatic nitrogens is 2. The van der Waals surface area contributed by atoms with Gasteiger partial charge in [0.05, 0.1) is 24.0 Å². The Balaban J connectivity index is 1.82. The standard InChI is InChI=1S/C16H19FN4O2/c1-19-15-9-12(17)3-4-14(15)20(8-5-16(19)23)10-13(22)11-21-7-2-6-18-21/h2-4,6-7,9,13,22H,5,8,10-11H2,1H3. The van der Waals surface area contributed by atoms with Gasteiger partial charge in [-0.05, 0) is 24.3 Å². The molecule has 23 heavy (non-hydrogen) atoms. The Labute approximate surface area is 133 Å². The first kappa shape index (κ1) is 15.5. The zero-order valence-electron chi connectivity index (χ0n) is 12.9. The fraction of sp³-hybridized carbons (Fsp3) is 0.375. The maximum atomic E-state index is 13.6. The molecule has 3 rings (SSSR count). The Kier molecular flexibility index (Phi) is 4.29. The molecule has 0 spiro atoms. The van der Waals surface area contributed by atoms with Gasteiger partial charge in [0.15, 0.2) is 0 Å². The topological polar surface area (TPSA) is 61.6 Å². The second-order valence-corrected chi connectivity index (χ2v) is 5.66. The Morgan fingerprint density at radius 2 is 2.17 bits per heavy atom. The molecule has 0 radical (unpaired) electrons. The summed E-state index contributed by atoms with van der Waals surface area (Å²) >= 11 is 0. The predicted octanol–water partition coefficient (Wildman–Crippen LogP) is 1.26. The first-order valence-corrected chi connectivity index (χ1v) is 7.51. The molecule has 0 fully saturated rings. The Morgan fingerprint density at radius 1 is 1.35 bits per heavy atom. The molecule has 1 aromatic carbocycles. The highest BCUT2D eigenvalue weighted by Crippen LogP contribution is 2.32. The van der Waals surface area contributed by atoms with Crippen LogP contribution in [-0.4, -0.2) is 47.0 Å². The van der Waals surface area contributed by atoms with Crippen LogP contribution in [0, 0.1) is 5.82 Å². The molecule has 0 bridgehead atoms. The highest BCUT2D eigenvalue weighted by atomic mass is 19.1. The number of benzene rings is 1. The number of amides is 1. The molecule has 1 unspecified atom stereocenters. The first-order chi connectivity index (χ1) is 11.0. The van der Waals surface area contributed by atoms with Crippen LogP contribution in [0.1, 0.15) is 6.42 Å². The summed E-state index contributed by atoms with van der Waals surface area (Å²) in [5, 5.41) is 14.4. The number of aliphatic hydroxyl groups is 1. The minimum atomic E-state index is -0.647.